The quantitative estimate of drug-likeness (QED) is 0.815. The first-order chi connectivity index (χ1) is 8.56. The highest BCUT2D eigenvalue weighted by molar-refractivity contribution is 14.1. The number of halogens is 2. The number of hydrogen-bond acceptors (Lipinski definition) is 3. The van der Waals surface area contributed by atoms with E-state index in [-0.39, 0.29) is 18.4 Å². The normalized spacial score (nSPS) is 15.4. The Hall–Kier alpha value is -0.530. The van der Waals surface area contributed by atoms with Crippen molar-refractivity contribution in [1.82, 2.24) is 4.90 Å². The minimum absolute atomic E-state index is 0.102. The summed E-state index contributed by atoms with van der Waals surface area (Å²) in [7, 11) is 1.53. The summed E-state index contributed by atoms with van der Waals surface area (Å²) >= 11 is 8.13. The number of ether oxygens (including phenoxy) is 1. The van der Waals surface area contributed by atoms with Gasteiger partial charge >= 0.3 is 0 Å². The van der Waals surface area contributed by atoms with Crippen molar-refractivity contribution in [2.24, 2.45) is 5.92 Å². The number of nitrogens with zero attached hydrogens (tertiary/aromatic N) is 1. The minimum atomic E-state index is -0.102. The zero-order valence-corrected chi connectivity index (χ0v) is 12.7. The molecule has 1 heterocycles. The predicted molar refractivity (Wildman–Crippen MR) is 77.2 cm³/mol. The Morgan fingerprint density at radius 2 is 2.28 bits per heavy atom. The summed E-state index contributed by atoms with van der Waals surface area (Å²) in [4.78, 5) is 13.9. The summed E-state index contributed by atoms with van der Waals surface area (Å²) in [6.07, 6.45) is 0. The molecule has 4 nitrogen and oxygen atoms in total. The molecule has 1 aromatic rings. The van der Waals surface area contributed by atoms with Crippen molar-refractivity contribution in [3.05, 3.63) is 26.3 Å². The fraction of sp³-hybridized carbons (Fsp3) is 0.417. The second-order valence-corrected chi connectivity index (χ2v) is 5.79. The summed E-state index contributed by atoms with van der Waals surface area (Å²) in [6, 6.07) is 3.39. The van der Waals surface area contributed by atoms with Crippen LogP contribution in [0, 0.1) is 9.49 Å². The van der Waals surface area contributed by atoms with Crippen molar-refractivity contribution in [3.8, 4) is 5.75 Å². The fourth-order valence-electron chi connectivity index (χ4n) is 1.89. The molecule has 1 aromatic carbocycles. The van der Waals surface area contributed by atoms with Gasteiger partial charge in [-0.25, -0.2) is 0 Å². The van der Waals surface area contributed by atoms with Gasteiger partial charge in [-0.1, -0.05) is 11.6 Å². The van der Waals surface area contributed by atoms with Crippen LogP contribution in [0.5, 0.6) is 5.75 Å². The lowest BCUT2D eigenvalue weighted by molar-refractivity contribution is 0.0359. The van der Waals surface area contributed by atoms with E-state index in [1.807, 2.05) is 0 Å². The molecule has 0 atom stereocenters. The fourth-order valence-corrected chi connectivity index (χ4v) is 2.49. The number of amides is 1. The highest BCUT2D eigenvalue weighted by Gasteiger charge is 2.32. The standard InChI is InChI=1S/C12H13ClINO3/c1-18-11-3-10(14)9(13)2-8(11)12(17)15-4-7(5-15)6-16/h2-3,7,16H,4-6H2,1H3. The van der Waals surface area contributed by atoms with Crippen LogP contribution in [0.25, 0.3) is 0 Å². The molecule has 98 valence electrons. The SMILES string of the molecule is COc1cc(I)c(Cl)cc1C(=O)N1CC(CO)C1. The summed E-state index contributed by atoms with van der Waals surface area (Å²) in [5.41, 5.74) is 0.472. The molecule has 0 radical (unpaired) electrons. The van der Waals surface area contributed by atoms with Crippen molar-refractivity contribution in [2.45, 2.75) is 0 Å². The van der Waals surface area contributed by atoms with Crippen LogP contribution in [0.3, 0.4) is 0 Å². The molecule has 1 saturated heterocycles. The Bertz CT molecular complexity index is 475. The van der Waals surface area contributed by atoms with Gasteiger partial charge in [0.15, 0.2) is 0 Å². The monoisotopic (exact) mass is 381 g/mol. The summed E-state index contributed by atoms with van der Waals surface area (Å²) in [5, 5.41) is 9.49. The van der Waals surface area contributed by atoms with E-state index in [0.717, 1.165) is 3.57 Å². The Morgan fingerprint density at radius 1 is 1.61 bits per heavy atom. The maximum Gasteiger partial charge on any atom is 0.257 e. The Labute approximate surface area is 124 Å². The second-order valence-electron chi connectivity index (χ2n) is 4.23. The number of benzene rings is 1. The molecule has 2 rings (SSSR count). The van der Waals surface area contributed by atoms with Crippen molar-refractivity contribution in [3.63, 3.8) is 0 Å². The first-order valence-electron chi connectivity index (χ1n) is 5.50. The van der Waals surface area contributed by atoms with Gasteiger partial charge in [0.1, 0.15) is 5.75 Å². The van der Waals surface area contributed by atoms with Crippen LogP contribution in [0.15, 0.2) is 12.1 Å². The van der Waals surface area contributed by atoms with Crippen LogP contribution in [0.2, 0.25) is 5.02 Å². The molecular formula is C12H13ClINO3. The second kappa shape index (κ2) is 5.63. The van der Waals surface area contributed by atoms with E-state index in [2.05, 4.69) is 22.6 Å². The van der Waals surface area contributed by atoms with Gasteiger partial charge in [-0.05, 0) is 34.7 Å². The number of likely N-dealkylation sites (tertiary alicyclic amines) is 1. The van der Waals surface area contributed by atoms with Crippen LogP contribution in [0.4, 0.5) is 0 Å². The number of aliphatic hydroxyl groups is 1. The van der Waals surface area contributed by atoms with Crippen molar-refractivity contribution in [1.29, 1.82) is 0 Å². The van der Waals surface area contributed by atoms with E-state index < -0.39 is 0 Å². The third-order valence-corrected chi connectivity index (χ3v) is 4.50. The van der Waals surface area contributed by atoms with Crippen molar-refractivity contribution in [2.75, 3.05) is 26.8 Å². The molecule has 18 heavy (non-hydrogen) atoms. The molecular weight excluding hydrogens is 368 g/mol. The summed E-state index contributed by atoms with van der Waals surface area (Å²) < 4.78 is 6.06. The minimum Gasteiger partial charge on any atom is -0.496 e. The van der Waals surface area contributed by atoms with Gasteiger partial charge in [-0.2, -0.15) is 0 Å². The number of methoxy groups -OCH3 is 1. The molecule has 1 aliphatic rings. The molecule has 0 spiro atoms. The Balaban J connectivity index is 2.22. The molecule has 6 heteroatoms. The smallest absolute Gasteiger partial charge is 0.257 e. The highest BCUT2D eigenvalue weighted by atomic mass is 127. The van der Waals surface area contributed by atoms with E-state index >= 15 is 0 Å². The zero-order chi connectivity index (χ0) is 13.3. The van der Waals surface area contributed by atoms with E-state index in [0.29, 0.717) is 29.4 Å². The molecule has 0 saturated carbocycles. The third-order valence-electron chi connectivity index (χ3n) is 2.98. The van der Waals surface area contributed by atoms with Crippen molar-refractivity contribution >= 4 is 40.1 Å². The van der Waals surface area contributed by atoms with Crippen LogP contribution < -0.4 is 4.74 Å². The molecule has 1 fully saturated rings. The Kier molecular flexibility index (Phi) is 4.34. The maximum atomic E-state index is 12.2. The zero-order valence-electron chi connectivity index (χ0n) is 9.82. The van der Waals surface area contributed by atoms with Crippen LogP contribution in [-0.2, 0) is 0 Å². The molecule has 0 aromatic heterocycles. The van der Waals surface area contributed by atoms with Gasteiger partial charge < -0.3 is 14.7 Å². The highest BCUT2D eigenvalue weighted by Crippen LogP contribution is 2.30. The maximum absolute atomic E-state index is 12.2. The number of carbonyl (C=O) groups excluding carboxylic acids is 1. The predicted octanol–water partition coefficient (Wildman–Crippen LogP) is 2.02. The van der Waals surface area contributed by atoms with Gasteiger partial charge in [-0.3, -0.25) is 4.79 Å². The topological polar surface area (TPSA) is 49.8 Å². The number of hydrogen-bond donors (Lipinski definition) is 1. The van der Waals surface area contributed by atoms with E-state index in [1.54, 1.807) is 17.0 Å². The first kappa shape index (κ1) is 13.9. The molecule has 1 N–H and O–H groups in total. The van der Waals surface area contributed by atoms with E-state index in [1.165, 1.54) is 7.11 Å². The van der Waals surface area contributed by atoms with Crippen molar-refractivity contribution < 1.29 is 14.6 Å². The molecule has 0 bridgehead atoms. The molecule has 0 unspecified atom stereocenters. The first-order valence-corrected chi connectivity index (χ1v) is 6.95. The average Bonchev–Trinajstić information content (AvgIpc) is 2.30. The lowest BCUT2D eigenvalue weighted by Crippen LogP contribution is -2.51. The lowest BCUT2D eigenvalue weighted by Gasteiger charge is -2.38. The van der Waals surface area contributed by atoms with Gasteiger partial charge in [0.25, 0.3) is 5.91 Å². The lowest BCUT2D eigenvalue weighted by atomic mass is 10.00. The van der Waals surface area contributed by atoms with Gasteiger partial charge in [0, 0.05) is 29.2 Å². The largest absolute Gasteiger partial charge is 0.496 e. The van der Waals surface area contributed by atoms with Gasteiger partial charge in [0.2, 0.25) is 0 Å². The van der Waals surface area contributed by atoms with Gasteiger partial charge in [-0.15, -0.1) is 0 Å². The van der Waals surface area contributed by atoms with Crippen LogP contribution in [-0.4, -0.2) is 42.7 Å². The van der Waals surface area contributed by atoms with Crippen LogP contribution in [0.1, 0.15) is 10.4 Å². The molecule has 1 amide bonds. The van der Waals surface area contributed by atoms with Crippen LogP contribution >= 0.6 is 34.2 Å². The van der Waals surface area contributed by atoms with Gasteiger partial charge in [0.05, 0.1) is 17.7 Å². The van der Waals surface area contributed by atoms with E-state index in [9.17, 15) is 4.79 Å². The summed E-state index contributed by atoms with van der Waals surface area (Å²) in [5.74, 6) is 0.621. The molecule has 1 aliphatic heterocycles. The Morgan fingerprint density at radius 3 is 2.83 bits per heavy atom. The average molecular weight is 382 g/mol. The number of aliphatic hydroxyl groups excluding tert-OH is 1. The molecule has 0 aliphatic carbocycles. The third kappa shape index (κ3) is 2.57. The number of carbonyl (C=O) groups is 1. The summed E-state index contributed by atoms with van der Waals surface area (Å²) in [6.45, 7) is 1.29. The number of rotatable bonds is 3. The van der Waals surface area contributed by atoms with E-state index in [4.69, 9.17) is 21.4 Å².